The molecule has 2 aliphatic rings. The van der Waals surface area contributed by atoms with Crippen molar-refractivity contribution in [1.29, 1.82) is 0 Å². The number of carboxylic acid groups (broad SMARTS) is 1. The molecule has 0 aromatic heterocycles. The van der Waals surface area contributed by atoms with Crippen LogP contribution in [0, 0.1) is 5.92 Å². The van der Waals surface area contributed by atoms with Crippen molar-refractivity contribution >= 4 is 5.97 Å². The summed E-state index contributed by atoms with van der Waals surface area (Å²) < 4.78 is 5.33. The predicted octanol–water partition coefficient (Wildman–Crippen LogP) is 1.15. The van der Waals surface area contributed by atoms with Crippen LogP contribution in [0.3, 0.4) is 0 Å². The van der Waals surface area contributed by atoms with E-state index >= 15 is 0 Å². The summed E-state index contributed by atoms with van der Waals surface area (Å²) in [4.78, 5) is 10.9. The molecule has 0 amide bonds. The average molecular weight is 271 g/mol. The maximum atomic E-state index is 10.9. The second kappa shape index (κ2) is 6.20. The van der Waals surface area contributed by atoms with E-state index in [-0.39, 0.29) is 5.92 Å². The minimum absolute atomic E-state index is 0.273. The van der Waals surface area contributed by atoms with E-state index < -0.39 is 11.6 Å². The largest absolute Gasteiger partial charge is 0.481 e. The van der Waals surface area contributed by atoms with Gasteiger partial charge in [-0.15, -0.1) is 0 Å². The van der Waals surface area contributed by atoms with E-state index in [0.717, 1.165) is 19.3 Å². The lowest BCUT2D eigenvalue weighted by atomic mass is 9.78. The molecule has 0 aromatic carbocycles. The zero-order valence-corrected chi connectivity index (χ0v) is 11.6. The van der Waals surface area contributed by atoms with E-state index in [1.807, 2.05) is 0 Å². The van der Waals surface area contributed by atoms with Crippen molar-refractivity contribution in [3.8, 4) is 0 Å². The Balaban J connectivity index is 1.72. The topological polar surface area (TPSA) is 78.8 Å². The monoisotopic (exact) mass is 271 g/mol. The van der Waals surface area contributed by atoms with Gasteiger partial charge in [0.15, 0.2) is 0 Å². The fourth-order valence-corrected chi connectivity index (χ4v) is 3.25. The van der Waals surface area contributed by atoms with Crippen molar-refractivity contribution in [2.75, 3.05) is 13.7 Å². The Labute approximate surface area is 114 Å². The minimum atomic E-state index is -0.728. The van der Waals surface area contributed by atoms with Gasteiger partial charge in [-0.2, -0.15) is 0 Å². The lowest BCUT2D eigenvalue weighted by Gasteiger charge is -2.35. The van der Waals surface area contributed by atoms with E-state index in [9.17, 15) is 9.90 Å². The normalized spacial score (nSPS) is 39.4. The van der Waals surface area contributed by atoms with E-state index in [2.05, 4.69) is 5.32 Å². The summed E-state index contributed by atoms with van der Waals surface area (Å²) in [5, 5.41) is 22.8. The smallest absolute Gasteiger partial charge is 0.306 e. The van der Waals surface area contributed by atoms with Crippen LogP contribution in [0.25, 0.3) is 0 Å². The highest BCUT2D eigenvalue weighted by Gasteiger charge is 2.36. The molecule has 0 spiro atoms. The summed E-state index contributed by atoms with van der Waals surface area (Å²) in [6.07, 6.45) is 5.84. The molecule has 2 unspecified atom stereocenters. The van der Waals surface area contributed by atoms with E-state index in [4.69, 9.17) is 9.84 Å². The average Bonchev–Trinajstić information content (AvgIpc) is 2.85. The molecule has 0 aliphatic heterocycles. The molecule has 2 atom stereocenters. The first-order valence-electron chi connectivity index (χ1n) is 7.24. The van der Waals surface area contributed by atoms with Crippen LogP contribution < -0.4 is 5.32 Å². The summed E-state index contributed by atoms with van der Waals surface area (Å²) in [7, 11) is 1.74. The molecular formula is C14H25NO4. The van der Waals surface area contributed by atoms with Gasteiger partial charge in [0.25, 0.3) is 0 Å². The van der Waals surface area contributed by atoms with Crippen LogP contribution in [-0.4, -0.2) is 47.6 Å². The first-order chi connectivity index (χ1) is 9.02. The van der Waals surface area contributed by atoms with Crippen LogP contribution in [0.15, 0.2) is 0 Å². The van der Waals surface area contributed by atoms with Gasteiger partial charge in [0.1, 0.15) is 0 Å². The van der Waals surface area contributed by atoms with Gasteiger partial charge in [0, 0.05) is 19.7 Å². The molecular weight excluding hydrogens is 246 g/mol. The first-order valence-corrected chi connectivity index (χ1v) is 7.24. The van der Waals surface area contributed by atoms with Crippen LogP contribution in [-0.2, 0) is 9.53 Å². The van der Waals surface area contributed by atoms with Crippen molar-refractivity contribution in [3.05, 3.63) is 0 Å². The summed E-state index contributed by atoms with van der Waals surface area (Å²) in [5.74, 6) is -1.00. The lowest BCUT2D eigenvalue weighted by molar-refractivity contribution is -0.144. The number of rotatable bonds is 5. The molecule has 2 aliphatic carbocycles. The number of nitrogens with one attached hydrogen (secondary N) is 1. The van der Waals surface area contributed by atoms with Crippen molar-refractivity contribution in [1.82, 2.24) is 5.32 Å². The highest BCUT2D eigenvalue weighted by molar-refractivity contribution is 5.70. The second-order valence-electron chi connectivity index (χ2n) is 6.09. The molecule has 0 bridgehead atoms. The third-order valence-corrected chi connectivity index (χ3v) is 4.70. The molecule has 2 saturated carbocycles. The van der Waals surface area contributed by atoms with Gasteiger partial charge in [-0.3, -0.25) is 4.79 Å². The van der Waals surface area contributed by atoms with Crippen LogP contribution in [0.1, 0.15) is 44.9 Å². The van der Waals surface area contributed by atoms with Crippen molar-refractivity contribution < 1.29 is 19.7 Å². The quantitative estimate of drug-likeness (QED) is 0.699. The van der Waals surface area contributed by atoms with Crippen LogP contribution in [0.4, 0.5) is 0 Å². The third-order valence-electron chi connectivity index (χ3n) is 4.70. The summed E-state index contributed by atoms with van der Waals surface area (Å²) in [5.41, 5.74) is -0.725. The number of aliphatic hydroxyl groups is 1. The van der Waals surface area contributed by atoms with E-state index in [1.54, 1.807) is 7.11 Å². The molecule has 110 valence electrons. The zero-order valence-electron chi connectivity index (χ0n) is 11.6. The zero-order chi connectivity index (χ0) is 13.9. The first kappa shape index (κ1) is 14.8. The number of carboxylic acids is 1. The molecule has 0 saturated heterocycles. The third kappa shape index (κ3) is 3.91. The number of methoxy groups -OCH3 is 1. The van der Waals surface area contributed by atoms with Crippen molar-refractivity contribution in [2.24, 2.45) is 5.92 Å². The predicted molar refractivity (Wildman–Crippen MR) is 71.0 cm³/mol. The van der Waals surface area contributed by atoms with Gasteiger partial charge in [-0.1, -0.05) is 0 Å². The lowest BCUT2D eigenvalue weighted by Crippen LogP contribution is -2.46. The van der Waals surface area contributed by atoms with E-state index in [0.29, 0.717) is 44.4 Å². The van der Waals surface area contributed by atoms with Gasteiger partial charge in [0.05, 0.1) is 17.6 Å². The Morgan fingerprint density at radius 2 is 2.00 bits per heavy atom. The highest BCUT2D eigenvalue weighted by atomic mass is 16.5. The Hall–Kier alpha value is -0.650. The molecule has 2 rings (SSSR count). The molecule has 5 heteroatoms. The van der Waals surface area contributed by atoms with Gasteiger partial charge < -0.3 is 20.3 Å². The molecule has 19 heavy (non-hydrogen) atoms. The van der Waals surface area contributed by atoms with Crippen LogP contribution >= 0.6 is 0 Å². The molecule has 3 N–H and O–H groups in total. The molecule has 2 fully saturated rings. The van der Waals surface area contributed by atoms with Gasteiger partial charge >= 0.3 is 5.97 Å². The molecule has 0 radical (unpaired) electrons. The Bertz CT molecular complexity index is 313. The number of ether oxygens (including phenoxy) is 1. The SMILES string of the molecule is COC1CCC(NCC2(O)CCC(C(=O)O)CC2)C1. The maximum absolute atomic E-state index is 10.9. The summed E-state index contributed by atoms with van der Waals surface area (Å²) in [6.45, 7) is 0.570. The van der Waals surface area contributed by atoms with Crippen LogP contribution in [0.2, 0.25) is 0 Å². The fraction of sp³-hybridized carbons (Fsp3) is 0.929. The van der Waals surface area contributed by atoms with Gasteiger partial charge in [0.2, 0.25) is 0 Å². The number of hydrogen-bond acceptors (Lipinski definition) is 4. The number of carbonyl (C=O) groups is 1. The maximum Gasteiger partial charge on any atom is 0.306 e. The fourth-order valence-electron chi connectivity index (χ4n) is 3.25. The second-order valence-corrected chi connectivity index (χ2v) is 6.09. The number of aliphatic carboxylic acids is 1. The number of hydrogen-bond donors (Lipinski definition) is 3. The van der Waals surface area contributed by atoms with Gasteiger partial charge in [-0.25, -0.2) is 0 Å². The molecule has 0 aromatic rings. The Morgan fingerprint density at radius 3 is 2.53 bits per heavy atom. The summed E-state index contributed by atoms with van der Waals surface area (Å²) in [6, 6.07) is 0.422. The highest BCUT2D eigenvalue weighted by Crippen LogP contribution is 2.32. The van der Waals surface area contributed by atoms with E-state index in [1.165, 1.54) is 0 Å². The van der Waals surface area contributed by atoms with Gasteiger partial charge in [-0.05, 0) is 44.9 Å². The van der Waals surface area contributed by atoms with Crippen molar-refractivity contribution in [3.63, 3.8) is 0 Å². The van der Waals surface area contributed by atoms with Crippen molar-refractivity contribution in [2.45, 2.75) is 62.7 Å². The Kier molecular flexibility index (Phi) is 4.81. The minimum Gasteiger partial charge on any atom is -0.481 e. The van der Waals surface area contributed by atoms with Crippen LogP contribution in [0.5, 0.6) is 0 Å². The standard InChI is InChI=1S/C14H25NO4/c1-19-12-3-2-11(8-12)15-9-14(18)6-4-10(5-7-14)13(16)17/h10-12,15,18H,2-9H2,1H3,(H,16,17). The summed E-state index contributed by atoms with van der Waals surface area (Å²) >= 11 is 0. The molecule has 5 nitrogen and oxygen atoms in total. The molecule has 0 heterocycles. The Morgan fingerprint density at radius 1 is 1.32 bits per heavy atom.